The number of amides is 1. The molecule has 5 rings (SSSR count). The number of hydrogen-bond acceptors (Lipinski definition) is 5. The van der Waals surface area contributed by atoms with E-state index in [0.29, 0.717) is 43.1 Å². The fourth-order valence-electron chi connectivity index (χ4n) is 5.16. The molecule has 1 spiro atoms. The lowest BCUT2D eigenvalue weighted by Gasteiger charge is -2.38. The molecule has 1 aromatic carbocycles. The van der Waals surface area contributed by atoms with Crippen molar-refractivity contribution in [1.29, 1.82) is 0 Å². The molecule has 8 heteroatoms. The second-order valence-electron chi connectivity index (χ2n) is 8.28. The number of aromatic amines is 1. The number of anilines is 2. The average molecular weight is 398 g/mol. The number of hydrogen-bond donors (Lipinski definition) is 2. The summed E-state index contributed by atoms with van der Waals surface area (Å²) in [5, 5.41) is 9.75. The Kier molecular flexibility index (Phi) is 3.94. The predicted octanol–water partition coefficient (Wildman–Crippen LogP) is 2.01. The Labute approximate surface area is 167 Å². The first-order valence-corrected chi connectivity index (χ1v) is 10.1. The Morgan fingerprint density at radius 2 is 1.90 bits per heavy atom. The molecule has 0 unspecified atom stereocenters. The van der Waals surface area contributed by atoms with E-state index in [2.05, 4.69) is 9.97 Å². The molecule has 1 amide bonds. The highest BCUT2D eigenvalue weighted by Gasteiger charge is 2.53. The molecule has 152 valence electrons. The lowest BCUT2D eigenvalue weighted by Crippen LogP contribution is -2.49. The van der Waals surface area contributed by atoms with Gasteiger partial charge in [0.05, 0.1) is 16.8 Å². The third-order valence-electron chi connectivity index (χ3n) is 6.70. The van der Waals surface area contributed by atoms with E-state index in [4.69, 9.17) is 0 Å². The van der Waals surface area contributed by atoms with E-state index in [9.17, 15) is 19.1 Å². The first kappa shape index (κ1) is 18.1. The number of H-pyrrole nitrogens is 1. The van der Waals surface area contributed by atoms with E-state index in [-0.39, 0.29) is 17.2 Å². The summed E-state index contributed by atoms with van der Waals surface area (Å²) in [5.41, 5.74) is 1.45. The van der Waals surface area contributed by atoms with Gasteiger partial charge in [0.15, 0.2) is 0 Å². The van der Waals surface area contributed by atoms with Crippen molar-refractivity contribution in [3.63, 3.8) is 0 Å². The van der Waals surface area contributed by atoms with E-state index in [0.717, 1.165) is 43.0 Å². The molecule has 1 aliphatic carbocycles. The molecule has 2 aromatic rings. The van der Waals surface area contributed by atoms with Gasteiger partial charge in [-0.15, -0.1) is 0 Å². The Morgan fingerprint density at radius 1 is 1.17 bits per heavy atom. The Morgan fingerprint density at radius 3 is 2.66 bits per heavy atom. The number of aryl methyl sites for hydroxylation is 1. The maximum Gasteiger partial charge on any atom is 0.255 e. The summed E-state index contributed by atoms with van der Waals surface area (Å²) in [6.45, 7) is 0.974. The molecule has 0 radical (unpaired) electrons. The third kappa shape index (κ3) is 2.58. The van der Waals surface area contributed by atoms with Gasteiger partial charge in [-0.25, -0.2) is 9.37 Å². The van der Waals surface area contributed by atoms with Crippen LogP contribution in [-0.4, -0.2) is 41.1 Å². The van der Waals surface area contributed by atoms with Crippen LogP contribution in [0.4, 0.5) is 16.0 Å². The molecule has 3 heterocycles. The van der Waals surface area contributed by atoms with Gasteiger partial charge in [-0.1, -0.05) is 0 Å². The Bertz CT molecular complexity index is 1070. The summed E-state index contributed by atoms with van der Waals surface area (Å²) in [6.07, 6.45) is 4.48. The lowest BCUT2D eigenvalue weighted by atomic mass is 9.73. The van der Waals surface area contributed by atoms with Gasteiger partial charge in [0.25, 0.3) is 5.56 Å². The van der Waals surface area contributed by atoms with Crippen molar-refractivity contribution in [2.45, 2.75) is 43.9 Å². The van der Waals surface area contributed by atoms with Crippen LogP contribution < -0.4 is 15.4 Å². The zero-order valence-corrected chi connectivity index (χ0v) is 16.3. The van der Waals surface area contributed by atoms with Crippen molar-refractivity contribution in [3.05, 3.63) is 45.1 Å². The van der Waals surface area contributed by atoms with Crippen LogP contribution in [0.15, 0.2) is 16.9 Å². The number of carbonyl (C=O) groups excluding carboxylic acids is 1. The molecular weight excluding hydrogens is 375 g/mol. The number of halogens is 1. The number of aromatic hydroxyl groups is 1. The monoisotopic (exact) mass is 398 g/mol. The fraction of sp³-hybridized carbons (Fsp3) is 0.476. The number of fused-ring (bicyclic) bond motifs is 3. The highest BCUT2D eigenvalue weighted by molar-refractivity contribution is 6.08. The van der Waals surface area contributed by atoms with Crippen LogP contribution in [0.25, 0.3) is 0 Å². The van der Waals surface area contributed by atoms with Crippen LogP contribution >= 0.6 is 0 Å². The van der Waals surface area contributed by atoms with Crippen LogP contribution in [-0.2, 0) is 23.1 Å². The number of nitrogens with zero attached hydrogens (tertiary/aromatic N) is 3. The number of piperidine rings is 1. The van der Waals surface area contributed by atoms with Gasteiger partial charge < -0.3 is 14.9 Å². The van der Waals surface area contributed by atoms with Crippen LogP contribution in [0, 0.1) is 5.82 Å². The molecule has 1 aromatic heterocycles. The zero-order chi connectivity index (χ0) is 20.3. The van der Waals surface area contributed by atoms with Gasteiger partial charge in [0.1, 0.15) is 11.6 Å². The topological polar surface area (TPSA) is 89.5 Å². The minimum absolute atomic E-state index is 0.0754. The lowest BCUT2D eigenvalue weighted by molar-refractivity contribution is -0.123. The second kappa shape index (κ2) is 6.30. The van der Waals surface area contributed by atoms with Crippen molar-refractivity contribution in [2.75, 3.05) is 29.9 Å². The van der Waals surface area contributed by atoms with Crippen LogP contribution in [0.5, 0.6) is 5.75 Å². The van der Waals surface area contributed by atoms with Crippen LogP contribution in [0.1, 0.15) is 42.5 Å². The quantitative estimate of drug-likeness (QED) is 0.767. The van der Waals surface area contributed by atoms with Crippen molar-refractivity contribution < 1.29 is 14.3 Å². The number of rotatable bonds is 1. The third-order valence-corrected chi connectivity index (χ3v) is 6.70. The van der Waals surface area contributed by atoms with Crippen LogP contribution in [0.2, 0.25) is 0 Å². The first-order chi connectivity index (χ1) is 13.9. The Balaban J connectivity index is 1.46. The number of nitrogens with one attached hydrogen (secondary N) is 1. The standard InChI is InChI=1S/C21H23FN4O3/c1-25-16-11-12(27)10-14(22)17(16)21(19(25)29)6-8-26(9-7-21)20-23-15-5-3-2-4-13(15)18(28)24-20/h10-11,27H,2-9H2,1H3,(H,23,24,28). The molecule has 29 heavy (non-hydrogen) atoms. The maximum atomic E-state index is 14.8. The molecule has 7 nitrogen and oxygen atoms in total. The molecule has 1 fully saturated rings. The number of carbonyl (C=O) groups is 1. The summed E-state index contributed by atoms with van der Waals surface area (Å²) in [4.78, 5) is 36.5. The van der Waals surface area contributed by atoms with Gasteiger partial charge in [0.2, 0.25) is 11.9 Å². The Hall–Kier alpha value is -2.90. The average Bonchev–Trinajstić information content (AvgIpc) is 2.91. The molecular formula is C21H23FN4O3. The number of aromatic nitrogens is 2. The van der Waals surface area contributed by atoms with Crippen molar-refractivity contribution in [1.82, 2.24) is 9.97 Å². The van der Waals surface area contributed by atoms with Gasteiger partial charge in [-0.2, -0.15) is 0 Å². The molecule has 2 aliphatic heterocycles. The molecule has 0 atom stereocenters. The van der Waals surface area contributed by atoms with E-state index < -0.39 is 11.2 Å². The maximum absolute atomic E-state index is 14.8. The van der Waals surface area contributed by atoms with Crippen molar-refractivity contribution in [2.24, 2.45) is 0 Å². The summed E-state index contributed by atoms with van der Waals surface area (Å²) in [7, 11) is 1.61. The van der Waals surface area contributed by atoms with Crippen molar-refractivity contribution >= 4 is 17.5 Å². The molecule has 1 saturated heterocycles. The number of likely N-dealkylation sites (N-methyl/N-ethyl adjacent to an activating group) is 1. The number of phenolic OH excluding ortho intramolecular Hbond substituents is 1. The minimum atomic E-state index is -0.938. The smallest absolute Gasteiger partial charge is 0.255 e. The van der Waals surface area contributed by atoms with Gasteiger partial charge in [0, 0.05) is 43.4 Å². The SMILES string of the molecule is CN1C(=O)C2(CCN(c3nc4c(c(=O)[nH]3)CCCC4)CC2)c2c(F)cc(O)cc21. The van der Waals surface area contributed by atoms with E-state index in [1.54, 1.807) is 7.05 Å². The highest BCUT2D eigenvalue weighted by Crippen LogP contribution is 2.49. The van der Waals surface area contributed by atoms with Gasteiger partial charge in [-0.3, -0.25) is 14.6 Å². The summed E-state index contributed by atoms with van der Waals surface area (Å²) < 4.78 is 14.8. The first-order valence-electron chi connectivity index (χ1n) is 10.1. The minimum Gasteiger partial charge on any atom is -0.508 e. The number of phenols is 1. The molecule has 0 bridgehead atoms. The van der Waals surface area contributed by atoms with E-state index in [1.165, 1.54) is 11.0 Å². The highest BCUT2D eigenvalue weighted by atomic mass is 19.1. The van der Waals surface area contributed by atoms with Gasteiger partial charge >= 0.3 is 0 Å². The molecule has 2 N–H and O–H groups in total. The number of benzene rings is 1. The zero-order valence-electron chi connectivity index (χ0n) is 16.3. The van der Waals surface area contributed by atoms with Crippen LogP contribution in [0.3, 0.4) is 0 Å². The normalized spacial score (nSPS) is 20.1. The fourth-order valence-corrected chi connectivity index (χ4v) is 5.16. The summed E-state index contributed by atoms with van der Waals surface area (Å²) >= 11 is 0. The molecule has 0 saturated carbocycles. The van der Waals surface area contributed by atoms with E-state index >= 15 is 0 Å². The summed E-state index contributed by atoms with van der Waals surface area (Å²) in [6, 6.07) is 2.52. The summed E-state index contributed by atoms with van der Waals surface area (Å²) in [5.74, 6) is -0.350. The van der Waals surface area contributed by atoms with Gasteiger partial charge in [-0.05, 0) is 38.5 Å². The predicted molar refractivity (Wildman–Crippen MR) is 106 cm³/mol. The van der Waals surface area contributed by atoms with E-state index in [1.807, 2.05) is 4.90 Å². The largest absolute Gasteiger partial charge is 0.508 e. The second-order valence-corrected chi connectivity index (χ2v) is 8.28. The van der Waals surface area contributed by atoms with Crippen molar-refractivity contribution in [3.8, 4) is 5.75 Å². The molecule has 3 aliphatic rings.